The van der Waals surface area contributed by atoms with Crippen molar-refractivity contribution < 1.29 is 9.18 Å². The van der Waals surface area contributed by atoms with Crippen molar-refractivity contribution >= 4 is 23.2 Å². The van der Waals surface area contributed by atoms with Gasteiger partial charge >= 0.3 is 0 Å². The molecule has 2 rings (SSSR count). The molecule has 0 fully saturated rings. The average Bonchev–Trinajstić information content (AvgIpc) is 2.43. The second-order valence-corrected chi connectivity index (χ2v) is 4.99. The van der Waals surface area contributed by atoms with Gasteiger partial charge in [0, 0.05) is 17.1 Å². The summed E-state index contributed by atoms with van der Waals surface area (Å²) in [6.45, 7) is 1.86. The molecular formula is C16H15ClFNO. The van der Waals surface area contributed by atoms with E-state index in [0.29, 0.717) is 17.9 Å². The monoisotopic (exact) mass is 291 g/mol. The zero-order valence-corrected chi connectivity index (χ0v) is 11.9. The summed E-state index contributed by atoms with van der Waals surface area (Å²) >= 11 is 6.00. The van der Waals surface area contributed by atoms with Gasteiger partial charge in [0.25, 0.3) is 0 Å². The maximum absolute atomic E-state index is 12.8. The van der Waals surface area contributed by atoms with E-state index in [2.05, 4.69) is 5.32 Å². The minimum absolute atomic E-state index is 0.0836. The first kappa shape index (κ1) is 14.5. The number of rotatable bonds is 4. The van der Waals surface area contributed by atoms with Gasteiger partial charge in [0.05, 0.1) is 0 Å². The quantitative estimate of drug-likeness (QED) is 0.891. The molecule has 2 aromatic rings. The largest absolute Gasteiger partial charge is 0.326 e. The van der Waals surface area contributed by atoms with Crippen LogP contribution in [0.25, 0.3) is 0 Å². The van der Waals surface area contributed by atoms with Crippen molar-refractivity contribution in [3.63, 3.8) is 0 Å². The van der Waals surface area contributed by atoms with E-state index in [4.69, 9.17) is 11.6 Å². The fourth-order valence-corrected chi connectivity index (χ4v) is 2.04. The van der Waals surface area contributed by atoms with Crippen molar-refractivity contribution in [3.05, 3.63) is 64.4 Å². The molecule has 0 radical (unpaired) electrons. The van der Waals surface area contributed by atoms with Crippen molar-refractivity contribution in [2.75, 3.05) is 5.32 Å². The van der Waals surface area contributed by atoms with E-state index >= 15 is 0 Å². The number of carbonyl (C=O) groups excluding carboxylic acids is 1. The number of halogens is 2. The van der Waals surface area contributed by atoms with Crippen molar-refractivity contribution in [3.8, 4) is 0 Å². The molecule has 0 saturated carbocycles. The lowest BCUT2D eigenvalue weighted by Gasteiger charge is -2.09. The molecule has 0 aliphatic heterocycles. The Balaban J connectivity index is 1.92. The first-order chi connectivity index (χ1) is 9.56. The number of aryl methyl sites for hydroxylation is 1. The zero-order valence-electron chi connectivity index (χ0n) is 11.1. The third-order valence-corrected chi connectivity index (χ3v) is 3.51. The number of nitrogens with one attached hydrogen (secondary N) is 1. The van der Waals surface area contributed by atoms with Crippen LogP contribution in [0, 0.1) is 12.7 Å². The van der Waals surface area contributed by atoms with E-state index in [-0.39, 0.29) is 11.7 Å². The summed E-state index contributed by atoms with van der Waals surface area (Å²) in [7, 11) is 0. The van der Waals surface area contributed by atoms with Crippen LogP contribution in [0.3, 0.4) is 0 Å². The lowest BCUT2D eigenvalue weighted by Crippen LogP contribution is -2.13. The first-order valence-electron chi connectivity index (χ1n) is 6.35. The zero-order chi connectivity index (χ0) is 14.5. The number of anilines is 1. The SMILES string of the molecule is Cc1c(Cl)cccc1NC(=O)CCc1ccc(F)cc1. The van der Waals surface area contributed by atoms with Crippen LogP contribution in [-0.4, -0.2) is 5.91 Å². The molecule has 0 bridgehead atoms. The van der Waals surface area contributed by atoms with Gasteiger partial charge in [0.1, 0.15) is 5.82 Å². The molecule has 1 N–H and O–H groups in total. The predicted molar refractivity (Wildman–Crippen MR) is 79.5 cm³/mol. The van der Waals surface area contributed by atoms with E-state index in [1.54, 1.807) is 24.3 Å². The van der Waals surface area contributed by atoms with Crippen molar-refractivity contribution in [2.24, 2.45) is 0 Å². The maximum atomic E-state index is 12.8. The van der Waals surface area contributed by atoms with Crippen LogP contribution < -0.4 is 5.32 Å². The first-order valence-corrected chi connectivity index (χ1v) is 6.73. The van der Waals surface area contributed by atoms with E-state index in [1.165, 1.54) is 12.1 Å². The third kappa shape index (κ3) is 3.81. The Morgan fingerprint density at radius 2 is 1.90 bits per heavy atom. The molecule has 0 aliphatic carbocycles. The van der Waals surface area contributed by atoms with Crippen LogP contribution in [0.15, 0.2) is 42.5 Å². The molecule has 4 heteroatoms. The summed E-state index contributed by atoms with van der Waals surface area (Å²) in [6.07, 6.45) is 0.920. The summed E-state index contributed by atoms with van der Waals surface area (Å²) in [5.74, 6) is -0.354. The van der Waals surface area contributed by atoms with Crippen LogP contribution >= 0.6 is 11.6 Å². The van der Waals surface area contributed by atoms with Gasteiger partial charge in [-0.2, -0.15) is 0 Å². The summed E-state index contributed by atoms with van der Waals surface area (Å²) in [5, 5.41) is 3.46. The van der Waals surface area contributed by atoms with Crippen molar-refractivity contribution in [2.45, 2.75) is 19.8 Å². The van der Waals surface area contributed by atoms with Gasteiger partial charge in [-0.25, -0.2) is 4.39 Å². The highest BCUT2D eigenvalue weighted by molar-refractivity contribution is 6.31. The molecular weight excluding hydrogens is 277 g/mol. The van der Waals surface area contributed by atoms with Gasteiger partial charge in [-0.1, -0.05) is 29.8 Å². The van der Waals surface area contributed by atoms with Crippen molar-refractivity contribution in [1.29, 1.82) is 0 Å². The highest BCUT2D eigenvalue weighted by Gasteiger charge is 2.07. The summed E-state index contributed by atoms with van der Waals surface area (Å²) in [5.41, 5.74) is 2.51. The fraction of sp³-hybridized carbons (Fsp3) is 0.188. The summed E-state index contributed by atoms with van der Waals surface area (Å²) in [6, 6.07) is 11.6. The molecule has 0 unspecified atom stereocenters. The highest BCUT2D eigenvalue weighted by Crippen LogP contribution is 2.23. The molecule has 0 atom stereocenters. The molecule has 20 heavy (non-hydrogen) atoms. The Kier molecular flexibility index (Phi) is 4.74. The van der Waals surface area contributed by atoms with E-state index in [0.717, 1.165) is 16.8 Å². The number of carbonyl (C=O) groups is 1. The number of hydrogen-bond donors (Lipinski definition) is 1. The van der Waals surface area contributed by atoms with Gasteiger partial charge in [-0.15, -0.1) is 0 Å². The summed E-state index contributed by atoms with van der Waals surface area (Å²) in [4.78, 5) is 11.9. The Labute approximate surface area is 122 Å². The number of benzene rings is 2. The standard InChI is InChI=1S/C16H15ClFNO/c1-11-14(17)3-2-4-15(11)19-16(20)10-7-12-5-8-13(18)9-6-12/h2-6,8-9H,7,10H2,1H3,(H,19,20). The second kappa shape index (κ2) is 6.53. The minimum atomic E-state index is -0.271. The third-order valence-electron chi connectivity index (χ3n) is 3.10. The number of amides is 1. The fourth-order valence-electron chi connectivity index (χ4n) is 1.86. The molecule has 2 nitrogen and oxygen atoms in total. The molecule has 0 saturated heterocycles. The number of hydrogen-bond acceptors (Lipinski definition) is 1. The van der Waals surface area contributed by atoms with Gasteiger partial charge < -0.3 is 5.32 Å². The van der Waals surface area contributed by atoms with Crippen LogP contribution in [0.5, 0.6) is 0 Å². The molecule has 1 amide bonds. The minimum Gasteiger partial charge on any atom is -0.326 e. The van der Waals surface area contributed by atoms with Gasteiger partial charge in [-0.3, -0.25) is 4.79 Å². The molecule has 104 valence electrons. The van der Waals surface area contributed by atoms with Gasteiger partial charge in [0.2, 0.25) is 5.91 Å². The Morgan fingerprint density at radius 3 is 2.60 bits per heavy atom. The smallest absolute Gasteiger partial charge is 0.224 e. The Morgan fingerprint density at radius 1 is 1.20 bits per heavy atom. The predicted octanol–water partition coefficient (Wildman–Crippen LogP) is 4.36. The van der Waals surface area contributed by atoms with Crippen LogP contribution in [0.2, 0.25) is 5.02 Å². The van der Waals surface area contributed by atoms with E-state index < -0.39 is 0 Å². The van der Waals surface area contributed by atoms with Crippen LogP contribution in [-0.2, 0) is 11.2 Å². The topological polar surface area (TPSA) is 29.1 Å². The molecule has 0 aromatic heterocycles. The molecule has 2 aromatic carbocycles. The molecule has 0 heterocycles. The lowest BCUT2D eigenvalue weighted by molar-refractivity contribution is -0.116. The molecule has 0 spiro atoms. The Hall–Kier alpha value is -1.87. The maximum Gasteiger partial charge on any atom is 0.224 e. The van der Waals surface area contributed by atoms with E-state index in [1.807, 2.05) is 13.0 Å². The van der Waals surface area contributed by atoms with Gasteiger partial charge in [0.15, 0.2) is 0 Å². The average molecular weight is 292 g/mol. The molecule has 0 aliphatic rings. The van der Waals surface area contributed by atoms with E-state index in [9.17, 15) is 9.18 Å². The second-order valence-electron chi connectivity index (χ2n) is 4.59. The lowest BCUT2D eigenvalue weighted by atomic mass is 10.1. The normalized spacial score (nSPS) is 10.3. The Bertz CT molecular complexity index is 610. The van der Waals surface area contributed by atoms with Crippen molar-refractivity contribution in [1.82, 2.24) is 0 Å². The highest BCUT2D eigenvalue weighted by atomic mass is 35.5. The summed E-state index contributed by atoms with van der Waals surface area (Å²) < 4.78 is 12.8. The van der Waals surface area contributed by atoms with Crippen LogP contribution in [0.1, 0.15) is 17.5 Å². The van der Waals surface area contributed by atoms with Crippen LogP contribution in [0.4, 0.5) is 10.1 Å². The van der Waals surface area contributed by atoms with Gasteiger partial charge in [-0.05, 0) is 48.7 Å².